The van der Waals surface area contributed by atoms with Crippen LogP contribution in [0, 0.1) is 6.92 Å². The zero-order valence-corrected chi connectivity index (χ0v) is 14.4. The third-order valence-corrected chi connectivity index (χ3v) is 6.02. The van der Waals surface area contributed by atoms with Crippen LogP contribution in [0.5, 0.6) is 0 Å². The molecule has 0 radical (unpaired) electrons. The average molecular weight is 350 g/mol. The van der Waals surface area contributed by atoms with Gasteiger partial charge in [-0.2, -0.15) is 5.10 Å². The number of aromatic nitrogens is 3. The molecule has 0 bridgehead atoms. The number of halogens is 1. The molecular formula is C19H12ClN3S. The van der Waals surface area contributed by atoms with Gasteiger partial charge in [-0.1, -0.05) is 54.1 Å². The predicted molar refractivity (Wildman–Crippen MR) is 102 cm³/mol. The lowest BCUT2D eigenvalue weighted by atomic mass is 10.1. The molecule has 0 spiro atoms. The number of aryl methyl sites for hydroxylation is 1. The Morgan fingerprint density at radius 2 is 1.67 bits per heavy atom. The molecule has 5 aromatic rings. The van der Waals surface area contributed by atoms with E-state index in [0.29, 0.717) is 0 Å². The van der Waals surface area contributed by atoms with Crippen molar-refractivity contribution in [1.82, 2.24) is 15.2 Å². The molecule has 0 saturated heterocycles. The van der Waals surface area contributed by atoms with Gasteiger partial charge in [0.05, 0.1) is 26.8 Å². The van der Waals surface area contributed by atoms with E-state index in [4.69, 9.17) is 16.6 Å². The molecule has 0 fully saturated rings. The highest BCUT2D eigenvalue weighted by Gasteiger charge is 2.18. The fraction of sp³-hybridized carbons (Fsp3) is 0.0526. The molecule has 0 saturated carbocycles. The van der Waals surface area contributed by atoms with Gasteiger partial charge >= 0.3 is 0 Å². The summed E-state index contributed by atoms with van der Waals surface area (Å²) in [7, 11) is 0. The summed E-state index contributed by atoms with van der Waals surface area (Å²) < 4.78 is 1.17. The van der Waals surface area contributed by atoms with Crippen molar-refractivity contribution in [2.45, 2.75) is 6.92 Å². The van der Waals surface area contributed by atoms with E-state index < -0.39 is 0 Å². The molecule has 2 aromatic carbocycles. The standard InChI is InChI=1S/C19H12ClN3S/c1-10-16-17(23-22-10)11-6-2-3-7-12(11)18(21-16)19-15(20)13-8-4-5-9-14(13)24-19/h2-9H,1H3,(H,22,23). The molecule has 1 N–H and O–H groups in total. The molecule has 116 valence electrons. The zero-order valence-electron chi connectivity index (χ0n) is 12.8. The van der Waals surface area contributed by atoms with Gasteiger partial charge in [0.15, 0.2) is 0 Å². The van der Waals surface area contributed by atoms with Crippen LogP contribution < -0.4 is 0 Å². The first kappa shape index (κ1) is 14.0. The molecule has 5 rings (SSSR count). The second-order valence-electron chi connectivity index (χ2n) is 5.78. The number of nitrogens with zero attached hydrogens (tertiary/aromatic N) is 2. The van der Waals surface area contributed by atoms with Crippen molar-refractivity contribution in [3.63, 3.8) is 0 Å². The van der Waals surface area contributed by atoms with Crippen molar-refractivity contribution >= 4 is 54.8 Å². The van der Waals surface area contributed by atoms with Crippen LogP contribution >= 0.6 is 22.9 Å². The Morgan fingerprint density at radius 1 is 0.958 bits per heavy atom. The molecule has 3 nitrogen and oxygen atoms in total. The normalized spacial score (nSPS) is 11.8. The van der Waals surface area contributed by atoms with E-state index in [2.05, 4.69) is 34.5 Å². The Bertz CT molecular complexity index is 1240. The van der Waals surface area contributed by atoms with Crippen molar-refractivity contribution in [2.24, 2.45) is 0 Å². The van der Waals surface area contributed by atoms with Crippen molar-refractivity contribution in [3.05, 3.63) is 59.2 Å². The van der Waals surface area contributed by atoms with Crippen LogP contribution in [-0.4, -0.2) is 15.2 Å². The zero-order chi connectivity index (χ0) is 16.3. The first-order valence-corrected chi connectivity index (χ1v) is 8.84. The van der Waals surface area contributed by atoms with E-state index in [0.717, 1.165) is 48.5 Å². The highest BCUT2D eigenvalue weighted by atomic mass is 35.5. The summed E-state index contributed by atoms with van der Waals surface area (Å²) in [6.45, 7) is 1.97. The summed E-state index contributed by atoms with van der Waals surface area (Å²) in [4.78, 5) is 5.93. The topological polar surface area (TPSA) is 41.6 Å². The van der Waals surface area contributed by atoms with Gasteiger partial charge < -0.3 is 0 Å². The largest absolute Gasteiger partial charge is 0.275 e. The summed E-state index contributed by atoms with van der Waals surface area (Å²) in [5.74, 6) is 0. The molecule has 0 unspecified atom stereocenters. The molecule has 0 atom stereocenters. The number of hydrogen-bond acceptors (Lipinski definition) is 3. The number of fused-ring (bicyclic) bond motifs is 4. The lowest BCUT2D eigenvalue weighted by molar-refractivity contribution is 1.07. The molecular weight excluding hydrogens is 338 g/mol. The molecule has 5 heteroatoms. The fourth-order valence-corrected chi connectivity index (χ4v) is 4.69. The monoisotopic (exact) mass is 349 g/mol. The summed E-state index contributed by atoms with van der Waals surface area (Å²) in [6.07, 6.45) is 0. The molecule has 3 heterocycles. The molecule has 24 heavy (non-hydrogen) atoms. The summed E-state index contributed by atoms with van der Waals surface area (Å²) >= 11 is 8.39. The number of thiophene rings is 1. The number of benzene rings is 2. The first-order chi connectivity index (χ1) is 11.7. The van der Waals surface area contributed by atoms with Gasteiger partial charge in [0.2, 0.25) is 0 Å². The molecule has 0 aliphatic heterocycles. The van der Waals surface area contributed by atoms with E-state index in [-0.39, 0.29) is 0 Å². The minimum absolute atomic E-state index is 0.772. The van der Waals surface area contributed by atoms with Crippen LogP contribution in [0.2, 0.25) is 5.02 Å². The lowest BCUT2D eigenvalue weighted by Crippen LogP contribution is -1.87. The lowest BCUT2D eigenvalue weighted by Gasteiger charge is -2.06. The highest BCUT2D eigenvalue weighted by molar-refractivity contribution is 7.23. The third kappa shape index (κ3) is 1.84. The Kier molecular flexibility index (Phi) is 2.93. The van der Waals surface area contributed by atoms with Crippen LogP contribution in [0.4, 0.5) is 0 Å². The van der Waals surface area contributed by atoms with Crippen LogP contribution in [0.15, 0.2) is 48.5 Å². The number of pyridine rings is 1. The minimum Gasteiger partial charge on any atom is -0.275 e. The third-order valence-electron chi connectivity index (χ3n) is 4.34. The van der Waals surface area contributed by atoms with Gasteiger partial charge in [0.25, 0.3) is 0 Å². The van der Waals surface area contributed by atoms with Crippen molar-refractivity contribution in [3.8, 4) is 10.6 Å². The maximum atomic E-state index is 6.70. The van der Waals surface area contributed by atoms with Gasteiger partial charge in [-0.3, -0.25) is 5.10 Å². The summed E-state index contributed by atoms with van der Waals surface area (Å²) in [6, 6.07) is 16.5. The molecule has 0 aliphatic carbocycles. The van der Waals surface area contributed by atoms with Gasteiger partial charge in [-0.05, 0) is 13.0 Å². The van der Waals surface area contributed by atoms with E-state index in [1.54, 1.807) is 11.3 Å². The van der Waals surface area contributed by atoms with Crippen LogP contribution in [0.1, 0.15) is 5.69 Å². The van der Waals surface area contributed by atoms with Crippen LogP contribution in [0.3, 0.4) is 0 Å². The first-order valence-electron chi connectivity index (χ1n) is 7.65. The molecule has 0 amide bonds. The Morgan fingerprint density at radius 3 is 2.46 bits per heavy atom. The van der Waals surface area contributed by atoms with Gasteiger partial charge in [0.1, 0.15) is 5.52 Å². The number of H-pyrrole nitrogens is 1. The second kappa shape index (κ2) is 5.03. The van der Waals surface area contributed by atoms with Crippen molar-refractivity contribution in [2.75, 3.05) is 0 Å². The summed E-state index contributed by atoms with van der Waals surface area (Å²) in [5, 5.41) is 11.5. The van der Waals surface area contributed by atoms with Gasteiger partial charge in [-0.15, -0.1) is 11.3 Å². The maximum absolute atomic E-state index is 6.70. The Balaban J connectivity index is 1.96. The Hall–Kier alpha value is -2.43. The smallest absolute Gasteiger partial charge is 0.112 e. The van der Waals surface area contributed by atoms with E-state index in [1.807, 2.05) is 31.2 Å². The number of rotatable bonds is 1. The van der Waals surface area contributed by atoms with Crippen LogP contribution in [-0.2, 0) is 0 Å². The minimum atomic E-state index is 0.772. The van der Waals surface area contributed by atoms with Gasteiger partial charge in [0, 0.05) is 20.9 Å². The maximum Gasteiger partial charge on any atom is 0.112 e. The molecule has 3 aromatic heterocycles. The van der Waals surface area contributed by atoms with Crippen molar-refractivity contribution in [1.29, 1.82) is 0 Å². The number of hydrogen-bond donors (Lipinski definition) is 1. The number of aromatic amines is 1. The SMILES string of the molecule is Cc1n[nH]c2c1nc(-c1sc3ccccc3c1Cl)c1ccccc12. The average Bonchev–Trinajstić information content (AvgIpc) is 3.15. The second-order valence-corrected chi connectivity index (χ2v) is 7.21. The molecule has 0 aliphatic rings. The van der Waals surface area contributed by atoms with E-state index >= 15 is 0 Å². The van der Waals surface area contributed by atoms with Gasteiger partial charge in [-0.25, -0.2) is 4.98 Å². The predicted octanol–water partition coefficient (Wildman–Crippen LogP) is 5.95. The fourth-order valence-electron chi connectivity index (χ4n) is 3.17. The summed E-state index contributed by atoms with van der Waals surface area (Å²) in [5.41, 5.74) is 3.70. The highest BCUT2D eigenvalue weighted by Crippen LogP contribution is 2.44. The Labute approximate surface area is 146 Å². The van der Waals surface area contributed by atoms with Crippen molar-refractivity contribution < 1.29 is 0 Å². The van der Waals surface area contributed by atoms with Crippen LogP contribution in [0.25, 0.3) is 42.5 Å². The quantitative estimate of drug-likeness (QED) is 0.406. The number of nitrogens with one attached hydrogen (secondary N) is 1. The van der Waals surface area contributed by atoms with E-state index in [9.17, 15) is 0 Å². The van der Waals surface area contributed by atoms with E-state index in [1.165, 1.54) is 4.70 Å².